The van der Waals surface area contributed by atoms with Crippen LogP contribution in [-0.4, -0.2) is 18.9 Å². The highest BCUT2D eigenvalue weighted by Gasteiger charge is 2.41. The van der Waals surface area contributed by atoms with Crippen molar-refractivity contribution in [1.29, 1.82) is 0 Å². The van der Waals surface area contributed by atoms with Crippen molar-refractivity contribution in [2.24, 2.45) is 17.3 Å². The number of carbonyl (C=O) groups is 1. The van der Waals surface area contributed by atoms with Gasteiger partial charge in [0.1, 0.15) is 5.78 Å². The number of rotatable bonds is 3. The van der Waals surface area contributed by atoms with E-state index in [1.54, 1.807) is 0 Å². The summed E-state index contributed by atoms with van der Waals surface area (Å²) in [4.78, 5) is 12.8. The molecule has 1 unspecified atom stereocenters. The molecule has 0 aromatic rings. The third-order valence-electron chi connectivity index (χ3n) is 5.06. The fourth-order valence-corrected chi connectivity index (χ4v) is 3.61. The Balaban J connectivity index is 2.01. The number of hydrogen-bond acceptors (Lipinski definition) is 2. The van der Waals surface area contributed by atoms with Gasteiger partial charge in [0.05, 0.1) is 0 Å². The van der Waals surface area contributed by atoms with Crippen LogP contribution < -0.4 is 5.32 Å². The Hall–Kier alpha value is -0.370. The van der Waals surface area contributed by atoms with Crippen LogP contribution in [0.4, 0.5) is 0 Å². The van der Waals surface area contributed by atoms with Crippen LogP contribution in [0, 0.1) is 17.3 Å². The van der Waals surface area contributed by atoms with Crippen LogP contribution >= 0.6 is 0 Å². The summed E-state index contributed by atoms with van der Waals surface area (Å²) in [5.74, 6) is 1.78. The predicted octanol–water partition coefficient (Wildman–Crippen LogP) is 3.16. The van der Waals surface area contributed by atoms with Crippen molar-refractivity contribution in [3.05, 3.63) is 0 Å². The molecule has 0 aromatic carbocycles. The minimum atomic E-state index is -0.0243. The summed E-state index contributed by atoms with van der Waals surface area (Å²) in [6.45, 7) is 6.53. The van der Waals surface area contributed by atoms with Crippen LogP contribution in [0.25, 0.3) is 0 Å². The zero-order chi connectivity index (χ0) is 12.3. The van der Waals surface area contributed by atoms with Crippen LogP contribution in [0.1, 0.15) is 58.8 Å². The standard InChI is InChI=1S/C15H27NO/c1-3-15(9-4-10-16-11-15)14(17)13-7-5-12(2)6-8-13/h12-13,16H,3-11H2,1-2H3. The van der Waals surface area contributed by atoms with Crippen molar-refractivity contribution < 1.29 is 4.79 Å². The molecule has 1 aliphatic carbocycles. The molecule has 17 heavy (non-hydrogen) atoms. The topological polar surface area (TPSA) is 29.1 Å². The first-order valence-electron chi connectivity index (χ1n) is 7.43. The lowest BCUT2D eigenvalue weighted by Crippen LogP contribution is -2.48. The quantitative estimate of drug-likeness (QED) is 0.817. The van der Waals surface area contributed by atoms with E-state index in [2.05, 4.69) is 19.2 Å². The van der Waals surface area contributed by atoms with Crippen molar-refractivity contribution in [3.8, 4) is 0 Å². The third-order valence-corrected chi connectivity index (χ3v) is 5.06. The molecule has 2 fully saturated rings. The highest BCUT2D eigenvalue weighted by atomic mass is 16.1. The molecule has 1 heterocycles. The van der Waals surface area contributed by atoms with E-state index < -0.39 is 0 Å². The lowest BCUT2D eigenvalue weighted by atomic mass is 9.67. The molecular weight excluding hydrogens is 210 g/mol. The van der Waals surface area contributed by atoms with E-state index in [9.17, 15) is 4.79 Å². The Morgan fingerprint density at radius 3 is 2.53 bits per heavy atom. The number of Topliss-reactive ketones (excluding diaryl/α,β-unsaturated/α-hetero) is 1. The SMILES string of the molecule is CCC1(C(=O)C2CCC(C)CC2)CCCNC1. The second kappa shape index (κ2) is 5.51. The Labute approximate surface area is 106 Å². The minimum absolute atomic E-state index is 0.0243. The molecule has 0 radical (unpaired) electrons. The van der Waals surface area contributed by atoms with Gasteiger partial charge in [-0.3, -0.25) is 4.79 Å². The van der Waals surface area contributed by atoms with Crippen molar-refractivity contribution in [1.82, 2.24) is 5.32 Å². The van der Waals surface area contributed by atoms with Gasteiger partial charge in [-0.25, -0.2) is 0 Å². The number of hydrogen-bond donors (Lipinski definition) is 1. The smallest absolute Gasteiger partial charge is 0.143 e. The van der Waals surface area contributed by atoms with Crippen molar-refractivity contribution >= 4 is 5.78 Å². The Kier molecular flexibility index (Phi) is 4.24. The minimum Gasteiger partial charge on any atom is -0.316 e. The number of ketones is 1. The molecule has 98 valence electrons. The van der Waals surface area contributed by atoms with Crippen LogP contribution in [0.3, 0.4) is 0 Å². The summed E-state index contributed by atoms with van der Waals surface area (Å²) >= 11 is 0. The molecule has 1 N–H and O–H groups in total. The van der Waals surface area contributed by atoms with Crippen LogP contribution in [0.2, 0.25) is 0 Å². The van der Waals surface area contributed by atoms with Crippen molar-refractivity contribution in [2.45, 2.75) is 58.8 Å². The molecule has 2 nitrogen and oxygen atoms in total. The first-order valence-corrected chi connectivity index (χ1v) is 7.43. The predicted molar refractivity (Wildman–Crippen MR) is 71.0 cm³/mol. The van der Waals surface area contributed by atoms with E-state index in [-0.39, 0.29) is 5.41 Å². The van der Waals surface area contributed by atoms with Crippen LogP contribution in [-0.2, 0) is 4.79 Å². The van der Waals surface area contributed by atoms with Gasteiger partial charge in [0, 0.05) is 17.9 Å². The van der Waals surface area contributed by atoms with E-state index in [0.29, 0.717) is 11.7 Å². The first-order chi connectivity index (χ1) is 8.18. The second-order valence-electron chi connectivity index (χ2n) is 6.24. The van der Waals surface area contributed by atoms with Crippen molar-refractivity contribution in [2.75, 3.05) is 13.1 Å². The maximum absolute atomic E-state index is 12.8. The van der Waals surface area contributed by atoms with E-state index in [4.69, 9.17) is 0 Å². The molecule has 0 spiro atoms. The lowest BCUT2D eigenvalue weighted by molar-refractivity contribution is -0.135. The van der Waals surface area contributed by atoms with Gasteiger partial charge >= 0.3 is 0 Å². The molecular formula is C15H27NO. The van der Waals surface area contributed by atoms with Gasteiger partial charge in [-0.05, 0) is 44.6 Å². The molecule has 1 atom stereocenters. The van der Waals surface area contributed by atoms with Gasteiger partial charge in [0.25, 0.3) is 0 Å². The molecule has 1 aliphatic heterocycles. The molecule has 1 saturated carbocycles. The molecule has 1 saturated heterocycles. The highest BCUT2D eigenvalue weighted by molar-refractivity contribution is 5.87. The fourth-order valence-electron chi connectivity index (χ4n) is 3.61. The normalized spacial score (nSPS) is 38.9. The number of nitrogens with one attached hydrogen (secondary N) is 1. The van der Waals surface area contributed by atoms with Crippen molar-refractivity contribution in [3.63, 3.8) is 0 Å². The maximum Gasteiger partial charge on any atom is 0.143 e. The summed E-state index contributed by atoms with van der Waals surface area (Å²) in [6, 6.07) is 0. The van der Waals surface area contributed by atoms with E-state index in [1.807, 2.05) is 0 Å². The summed E-state index contributed by atoms with van der Waals surface area (Å²) in [7, 11) is 0. The van der Waals surface area contributed by atoms with Gasteiger partial charge in [-0.2, -0.15) is 0 Å². The number of carbonyl (C=O) groups excluding carboxylic acids is 1. The van der Waals surface area contributed by atoms with Gasteiger partial charge in [0.2, 0.25) is 0 Å². The van der Waals surface area contributed by atoms with E-state index >= 15 is 0 Å². The highest BCUT2D eigenvalue weighted by Crippen LogP contribution is 2.39. The summed E-state index contributed by atoms with van der Waals surface area (Å²) in [5.41, 5.74) is -0.0243. The average molecular weight is 237 g/mol. The average Bonchev–Trinajstić information content (AvgIpc) is 2.39. The molecule has 0 aromatic heterocycles. The monoisotopic (exact) mass is 237 g/mol. The van der Waals surface area contributed by atoms with Crippen LogP contribution in [0.15, 0.2) is 0 Å². The van der Waals surface area contributed by atoms with E-state index in [1.165, 1.54) is 19.3 Å². The fraction of sp³-hybridized carbons (Fsp3) is 0.933. The summed E-state index contributed by atoms with van der Waals surface area (Å²) in [6.07, 6.45) is 8.09. The maximum atomic E-state index is 12.8. The van der Waals surface area contributed by atoms with Gasteiger partial charge in [-0.15, -0.1) is 0 Å². The van der Waals surface area contributed by atoms with Gasteiger partial charge in [0.15, 0.2) is 0 Å². The third kappa shape index (κ3) is 2.73. The Bertz CT molecular complexity index is 260. The van der Waals surface area contributed by atoms with Gasteiger partial charge in [-0.1, -0.05) is 26.7 Å². The Morgan fingerprint density at radius 1 is 1.29 bits per heavy atom. The molecule has 2 aliphatic rings. The lowest BCUT2D eigenvalue weighted by Gasteiger charge is -2.39. The summed E-state index contributed by atoms with van der Waals surface area (Å²) < 4.78 is 0. The largest absolute Gasteiger partial charge is 0.316 e. The Morgan fingerprint density at radius 2 is 2.00 bits per heavy atom. The van der Waals surface area contributed by atoms with E-state index in [0.717, 1.165) is 44.7 Å². The zero-order valence-corrected chi connectivity index (χ0v) is 11.4. The first kappa shape index (κ1) is 13.1. The molecule has 2 rings (SSSR count). The van der Waals surface area contributed by atoms with Gasteiger partial charge < -0.3 is 5.32 Å². The molecule has 2 heteroatoms. The molecule has 0 bridgehead atoms. The number of piperidine rings is 1. The zero-order valence-electron chi connectivity index (χ0n) is 11.4. The second-order valence-corrected chi connectivity index (χ2v) is 6.24. The molecule has 0 amide bonds. The van der Waals surface area contributed by atoms with Crippen LogP contribution in [0.5, 0.6) is 0 Å². The summed E-state index contributed by atoms with van der Waals surface area (Å²) in [5, 5.41) is 3.43.